The minimum absolute atomic E-state index is 0.558. The largest absolute Gasteiger partial charge is 0.329 e. The molecule has 1 fully saturated rings. The molecule has 90 valence electrons. The molecule has 0 radical (unpaired) electrons. The summed E-state index contributed by atoms with van der Waals surface area (Å²) in [6.07, 6.45) is 9.27. The van der Waals surface area contributed by atoms with Gasteiger partial charge in [0.15, 0.2) is 0 Å². The van der Waals surface area contributed by atoms with Crippen LogP contribution in [0.15, 0.2) is 12.4 Å². The molecule has 1 aliphatic rings. The predicted molar refractivity (Wildman–Crippen MR) is 64.9 cm³/mol. The normalized spacial score (nSPS) is 23.2. The van der Waals surface area contributed by atoms with E-state index >= 15 is 0 Å². The summed E-state index contributed by atoms with van der Waals surface area (Å²) in [6, 6.07) is 0.558. The highest BCUT2D eigenvalue weighted by atomic mass is 15.2. The van der Waals surface area contributed by atoms with Gasteiger partial charge in [-0.05, 0) is 19.4 Å². The number of nitrogens with zero attached hydrogens (tertiary/aromatic N) is 3. The molecule has 1 aromatic heterocycles. The molecule has 0 amide bonds. The molecule has 0 saturated carbocycles. The second-order valence-electron chi connectivity index (χ2n) is 4.73. The summed E-state index contributed by atoms with van der Waals surface area (Å²) >= 11 is 0. The molecular weight excluding hydrogens is 200 g/mol. The van der Waals surface area contributed by atoms with E-state index < -0.39 is 0 Å². The van der Waals surface area contributed by atoms with Gasteiger partial charge in [0.2, 0.25) is 0 Å². The minimum atomic E-state index is 0.558. The Balaban J connectivity index is 1.99. The Morgan fingerprint density at radius 1 is 1.44 bits per heavy atom. The highest BCUT2D eigenvalue weighted by Gasteiger charge is 2.19. The van der Waals surface area contributed by atoms with Crippen molar-refractivity contribution in [3.8, 4) is 0 Å². The molecule has 4 heteroatoms. The predicted octanol–water partition coefficient (Wildman–Crippen LogP) is 1.12. The first-order chi connectivity index (χ1) is 7.79. The molecule has 1 unspecified atom stereocenters. The van der Waals surface area contributed by atoms with E-state index in [4.69, 9.17) is 5.73 Å². The Hall–Kier alpha value is -0.870. The molecule has 4 nitrogen and oxygen atoms in total. The first-order valence-corrected chi connectivity index (χ1v) is 6.21. The van der Waals surface area contributed by atoms with Crippen molar-refractivity contribution >= 4 is 0 Å². The highest BCUT2D eigenvalue weighted by Crippen LogP contribution is 2.18. The summed E-state index contributed by atoms with van der Waals surface area (Å²) in [4.78, 5) is 2.52. The van der Waals surface area contributed by atoms with Crippen molar-refractivity contribution in [1.82, 2.24) is 14.7 Å². The van der Waals surface area contributed by atoms with Crippen LogP contribution in [-0.4, -0.2) is 33.8 Å². The molecule has 16 heavy (non-hydrogen) atoms. The van der Waals surface area contributed by atoms with Crippen LogP contribution >= 0.6 is 0 Å². The number of aromatic nitrogens is 2. The van der Waals surface area contributed by atoms with Crippen LogP contribution in [0, 0.1) is 0 Å². The van der Waals surface area contributed by atoms with Crippen LogP contribution in [0.5, 0.6) is 0 Å². The summed E-state index contributed by atoms with van der Waals surface area (Å²) in [5.74, 6) is 0. The van der Waals surface area contributed by atoms with Gasteiger partial charge in [-0.3, -0.25) is 9.58 Å². The van der Waals surface area contributed by atoms with Gasteiger partial charge in [0.05, 0.1) is 6.20 Å². The van der Waals surface area contributed by atoms with Crippen molar-refractivity contribution in [3.05, 3.63) is 18.0 Å². The summed E-state index contributed by atoms with van der Waals surface area (Å²) in [6.45, 7) is 2.95. The lowest BCUT2D eigenvalue weighted by atomic mass is 10.1. The first kappa shape index (κ1) is 11.6. The van der Waals surface area contributed by atoms with Gasteiger partial charge in [0.1, 0.15) is 0 Å². The second kappa shape index (κ2) is 5.46. The van der Waals surface area contributed by atoms with Crippen molar-refractivity contribution < 1.29 is 0 Å². The lowest BCUT2D eigenvalue weighted by Crippen LogP contribution is -2.39. The second-order valence-corrected chi connectivity index (χ2v) is 4.73. The van der Waals surface area contributed by atoms with E-state index in [0.29, 0.717) is 6.04 Å². The van der Waals surface area contributed by atoms with E-state index in [2.05, 4.69) is 16.2 Å². The number of hydrogen-bond acceptors (Lipinski definition) is 3. The van der Waals surface area contributed by atoms with Crippen molar-refractivity contribution in [2.45, 2.75) is 38.3 Å². The maximum atomic E-state index is 5.86. The summed E-state index contributed by atoms with van der Waals surface area (Å²) in [5, 5.41) is 4.22. The smallest absolute Gasteiger partial charge is 0.0534 e. The minimum Gasteiger partial charge on any atom is -0.329 e. The van der Waals surface area contributed by atoms with Gasteiger partial charge in [-0.15, -0.1) is 0 Å². The molecule has 0 aliphatic carbocycles. The van der Waals surface area contributed by atoms with Crippen LogP contribution in [0.2, 0.25) is 0 Å². The first-order valence-electron chi connectivity index (χ1n) is 6.21. The van der Waals surface area contributed by atoms with Crippen LogP contribution in [0.3, 0.4) is 0 Å². The van der Waals surface area contributed by atoms with Gasteiger partial charge < -0.3 is 5.73 Å². The zero-order valence-corrected chi connectivity index (χ0v) is 10.1. The topological polar surface area (TPSA) is 47.1 Å². The Morgan fingerprint density at radius 3 is 3.00 bits per heavy atom. The van der Waals surface area contributed by atoms with Crippen molar-refractivity contribution in [2.75, 3.05) is 13.1 Å². The van der Waals surface area contributed by atoms with E-state index in [1.807, 2.05) is 17.9 Å². The quantitative estimate of drug-likeness (QED) is 0.834. The molecule has 1 atom stereocenters. The summed E-state index contributed by atoms with van der Waals surface area (Å²) in [5.41, 5.74) is 7.15. The van der Waals surface area contributed by atoms with Crippen molar-refractivity contribution in [2.24, 2.45) is 12.8 Å². The van der Waals surface area contributed by atoms with E-state index in [-0.39, 0.29) is 0 Å². The van der Waals surface area contributed by atoms with Crippen LogP contribution in [0.25, 0.3) is 0 Å². The molecule has 2 N–H and O–H groups in total. The fourth-order valence-corrected chi connectivity index (χ4v) is 2.50. The van der Waals surface area contributed by atoms with Gasteiger partial charge >= 0.3 is 0 Å². The summed E-state index contributed by atoms with van der Waals surface area (Å²) < 4.78 is 1.87. The molecule has 1 aliphatic heterocycles. The molecule has 1 saturated heterocycles. The average Bonchev–Trinajstić information content (AvgIpc) is 2.56. The van der Waals surface area contributed by atoms with Gasteiger partial charge in [-0.25, -0.2) is 0 Å². The van der Waals surface area contributed by atoms with Crippen molar-refractivity contribution in [3.63, 3.8) is 0 Å². The lowest BCUT2D eigenvalue weighted by molar-refractivity contribution is 0.196. The Kier molecular flexibility index (Phi) is 3.96. The van der Waals surface area contributed by atoms with Gasteiger partial charge in [-0.1, -0.05) is 12.8 Å². The third-order valence-electron chi connectivity index (χ3n) is 3.42. The number of likely N-dealkylation sites (tertiary alicyclic amines) is 1. The van der Waals surface area contributed by atoms with E-state index in [1.165, 1.54) is 37.8 Å². The zero-order valence-electron chi connectivity index (χ0n) is 10.1. The monoisotopic (exact) mass is 222 g/mol. The molecular formula is C12H22N4. The van der Waals surface area contributed by atoms with Crippen LogP contribution < -0.4 is 5.73 Å². The van der Waals surface area contributed by atoms with Gasteiger partial charge in [0.25, 0.3) is 0 Å². The Bertz CT molecular complexity index is 321. The Labute approximate surface area is 97.4 Å². The molecule has 1 aromatic rings. The maximum absolute atomic E-state index is 5.86. The zero-order chi connectivity index (χ0) is 11.4. The van der Waals surface area contributed by atoms with Gasteiger partial charge in [-0.2, -0.15) is 5.10 Å². The lowest BCUT2D eigenvalue weighted by Gasteiger charge is -2.28. The SMILES string of the molecule is Cn1cc(CN2CCCCCC2CN)cn1. The molecule has 2 heterocycles. The molecule has 0 bridgehead atoms. The maximum Gasteiger partial charge on any atom is 0.0534 e. The van der Waals surface area contributed by atoms with E-state index in [1.54, 1.807) is 0 Å². The van der Waals surface area contributed by atoms with Crippen LogP contribution in [-0.2, 0) is 13.6 Å². The Morgan fingerprint density at radius 2 is 2.31 bits per heavy atom. The molecule has 0 aromatic carbocycles. The van der Waals surface area contributed by atoms with E-state index in [0.717, 1.165) is 13.1 Å². The number of hydrogen-bond donors (Lipinski definition) is 1. The van der Waals surface area contributed by atoms with Crippen LogP contribution in [0.4, 0.5) is 0 Å². The fraction of sp³-hybridized carbons (Fsp3) is 0.750. The molecule has 2 rings (SSSR count). The number of rotatable bonds is 3. The number of aryl methyl sites for hydroxylation is 1. The van der Waals surface area contributed by atoms with Crippen LogP contribution in [0.1, 0.15) is 31.2 Å². The fourth-order valence-electron chi connectivity index (χ4n) is 2.50. The average molecular weight is 222 g/mol. The molecule has 0 spiro atoms. The van der Waals surface area contributed by atoms with E-state index in [9.17, 15) is 0 Å². The highest BCUT2D eigenvalue weighted by molar-refractivity contribution is 5.03. The van der Waals surface area contributed by atoms with Gasteiger partial charge in [0, 0.05) is 37.9 Å². The third kappa shape index (κ3) is 2.83. The number of nitrogens with two attached hydrogens (primary N) is 1. The third-order valence-corrected chi connectivity index (χ3v) is 3.42. The van der Waals surface area contributed by atoms with Crippen molar-refractivity contribution in [1.29, 1.82) is 0 Å². The summed E-state index contributed by atoms with van der Waals surface area (Å²) in [7, 11) is 1.96. The standard InChI is InChI=1S/C12H22N4/c1-15-9-11(8-14-15)10-16-6-4-2-3-5-12(16)7-13/h8-9,12H,2-7,10,13H2,1H3.